The number of urea groups is 1. The number of rotatable bonds is 1. The molecule has 2 N–H and O–H groups in total. The number of aromatic nitrogens is 2. The van der Waals surface area contributed by atoms with Crippen LogP contribution in [0.15, 0.2) is 36.4 Å². The number of β-amino-alcohol motifs (C(OH)–C–C–N with tert-alkyl or cyclic N) is 1. The zero-order valence-electron chi connectivity index (χ0n) is 16.4. The number of carbonyl (C=O) groups excluding carboxylic acids is 1. The lowest BCUT2D eigenvalue weighted by molar-refractivity contribution is 0.141. The third kappa shape index (κ3) is 3.42. The normalized spacial score (nSPS) is 19.2. The molecule has 150 valence electrons. The molecule has 2 aliphatic rings. The molecule has 29 heavy (non-hydrogen) atoms. The number of aliphatic hydroxyl groups excluding tert-OH is 1. The molecule has 2 aliphatic heterocycles. The lowest BCUT2D eigenvalue weighted by Crippen LogP contribution is -2.43. The summed E-state index contributed by atoms with van der Waals surface area (Å²) in [5, 5.41) is 9.76. The summed E-state index contributed by atoms with van der Waals surface area (Å²) in [5.74, 6) is 1.72. The molecule has 0 bridgehead atoms. The fourth-order valence-electron chi connectivity index (χ4n) is 4.17. The lowest BCUT2D eigenvalue weighted by atomic mass is 10.0. The Morgan fingerprint density at radius 3 is 2.83 bits per heavy atom. The highest BCUT2D eigenvalue weighted by Crippen LogP contribution is 2.31. The van der Waals surface area contributed by atoms with Gasteiger partial charge in [-0.25, -0.2) is 9.78 Å². The van der Waals surface area contributed by atoms with Crippen LogP contribution in [0.1, 0.15) is 17.8 Å². The number of aryl methyl sites for hydroxylation is 1. The molecule has 3 heterocycles. The van der Waals surface area contributed by atoms with Crippen LogP contribution in [0, 0.1) is 6.92 Å². The molecule has 1 atom stereocenters. The Morgan fingerprint density at radius 2 is 2.00 bits per heavy atom. The summed E-state index contributed by atoms with van der Waals surface area (Å²) in [4.78, 5) is 24.2. The summed E-state index contributed by atoms with van der Waals surface area (Å²) >= 11 is 0. The van der Waals surface area contributed by atoms with E-state index in [9.17, 15) is 9.90 Å². The first-order valence-electron chi connectivity index (χ1n) is 10.0. The first kappa shape index (κ1) is 18.0. The maximum absolute atomic E-state index is 12.9. The van der Waals surface area contributed by atoms with Crippen molar-refractivity contribution in [3.63, 3.8) is 0 Å². The van der Waals surface area contributed by atoms with E-state index in [1.54, 1.807) is 4.90 Å². The summed E-state index contributed by atoms with van der Waals surface area (Å²) < 4.78 is 5.90. The third-order valence-electron chi connectivity index (χ3n) is 5.68. The molecule has 0 aliphatic carbocycles. The van der Waals surface area contributed by atoms with Gasteiger partial charge < -0.3 is 24.6 Å². The van der Waals surface area contributed by atoms with Gasteiger partial charge in [0.25, 0.3) is 0 Å². The van der Waals surface area contributed by atoms with Gasteiger partial charge in [0.1, 0.15) is 18.2 Å². The highest BCUT2D eigenvalue weighted by molar-refractivity contribution is 5.82. The van der Waals surface area contributed by atoms with E-state index in [1.807, 2.05) is 24.0 Å². The predicted octanol–water partition coefficient (Wildman–Crippen LogP) is 2.92. The second-order valence-corrected chi connectivity index (χ2v) is 7.82. The molecule has 0 unspecified atom stereocenters. The molecule has 2 amide bonds. The molecular formula is C22H24N4O3. The minimum Gasteiger partial charge on any atom is -0.491 e. The smallest absolute Gasteiger partial charge is 0.320 e. The number of nitrogens with one attached hydrogen (secondary N) is 1. The molecule has 5 rings (SSSR count). The lowest BCUT2D eigenvalue weighted by Gasteiger charge is -2.26. The SMILES string of the molecule is Cc1nc2ccc(-c3ccc4c(c3)CN(C(=O)N3CC[C@H](O)C3)CCO4)cc2[nH]1. The number of carbonyl (C=O) groups is 1. The number of benzene rings is 2. The fourth-order valence-corrected chi connectivity index (χ4v) is 4.17. The Labute approximate surface area is 168 Å². The third-order valence-corrected chi connectivity index (χ3v) is 5.68. The standard InChI is InChI=1S/C22H24N4O3/c1-14-23-19-4-2-16(11-20(19)24-14)15-3-5-21-17(10-15)12-26(8-9-29-21)22(28)25-7-6-18(27)13-25/h2-5,10-11,18,27H,6-9,12-13H2,1H3,(H,23,24)/t18-/m0/s1. The van der Waals surface area contributed by atoms with E-state index in [1.165, 1.54) is 0 Å². The van der Waals surface area contributed by atoms with E-state index >= 15 is 0 Å². The minimum atomic E-state index is -0.415. The van der Waals surface area contributed by atoms with Gasteiger partial charge in [-0.05, 0) is 48.7 Å². The van der Waals surface area contributed by atoms with Gasteiger partial charge in [-0.15, -0.1) is 0 Å². The monoisotopic (exact) mass is 392 g/mol. The molecule has 2 aromatic carbocycles. The van der Waals surface area contributed by atoms with Crippen molar-refractivity contribution in [3.05, 3.63) is 47.8 Å². The highest BCUT2D eigenvalue weighted by Gasteiger charge is 2.29. The van der Waals surface area contributed by atoms with Crippen molar-refractivity contribution in [1.82, 2.24) is 19.8 Å². The van der Waals surface area contributed by atoms with Crippen molar-refractivity contribution in [2.24, 2.45) is 0 Å². The number of imidazole rings is 1. The van der Waals surface area contributed by atoms with Crippen LogP contribution in [0.5, 0.6) is 5.75 Å². The first-order valence-corrected chi connectivity index (χ1v) is 10.0. The van der Waals surface area contributed by atoms with Gasteiger partial charge in [0, 0.05) is 18.7 Å². The number of fused-ring (bicyclic) bond motifs is 2. The average Bonchev–Trinajstić information content (AvgIpc) is 3.24. The van der Waals surface area contributed by atoms with Crippen molar-refractivity contribution < 1.29 is 14.6 Å². The van der Waals surface area contributed by atoms with Crippen molar-refractivity contribution in [2.75, 3.05) is 26.2 Å². The van der Waals surface area contributed by atoms with E-state index in [0.29, 0.717) is 39.2 Å². The molecule has 3 aromatic rings. The van der Waals surface area contributed by atoms with Crippen molar-refractivity contribution in [1.29, 1.82) is 0 Å². The number of likely N-dealkylation sites (tertiary alicyclic amines) is 1. The first-order chi connectivity index (χ1) is 14.1. The Morgan fingerprint density at radius 1 is 1.17 bits per heavy atom. The van der Waals surface area contributed by atoms with Crippen molar-refractivity contribution >= 4 is 17.1 Å². The van der Waals surface area contributed by atoms with Gasteiger partial charge in [-0.1, -0.05) is 12.1 Å². The molecule has 1 saturated heterocycles. The number of nitrogens with zero attached hydrogens (tertiary/aromatic N) is 3. The Balaban J connectivity index is 1.43. The maximum atomic E-state index is 12.9. The topological polar surface area (TPSA) is 81.7 Å². The predicted molar refractivity (Wildman–Crippen MR) is 110 cm³/mol. The number of H-pyrrole nitrogens is 1. The van der Waals surface area contributed by atoms with Crippen LogP contribution < -0.4 is 4.74 Å². The Hall–Kier alpha value is -3.06. The van der Waals surface area contributed by atoms with E-state index in [2.05, 4.69) is 34.2 Å². The van der Waals surface area contributed by atoms with Crippen molar-refractivity contribution in [3.8, 4) is 16.9 Å². The van der Waals surface area contributed by atoms with Gasteiger partial charge in [0.15, 0.2) is 0 Å². The van der Waals surface area contributed by atoms with E-state index < -0.39 is 6.10 Å². The second kappa shape index (κ2) is 7.08. The Kier molecular flexibility index (Phi) is 4.39. The largest absolute Gasteiger partial charge is 0.491 e. The van der Waals surface area contributed by atoms with Crippen LogP contribution in [0.3, 0.4) is 0 Å². The summed E-state index contributed by atoms with van der Waals surface area (Å²) in [6.07, 6.45) is 0.230. The molecule has 0 saturated carbocycles. The van der Waals surface area contributed by atoms with Gasteiger partial charge in [0.05, 0.1) is 30.2 Å². The van der Waals surface area contributed by atoms with Crippen LogP contribution in [0.25, 0.3) is 22.2 Å². The molecule has 0 radical (unpaired) electrons. The van der Waals surface area contributed by atoms with E-state index in [4.69, 9.17) is 4.74 Å². The second-order valence-electron chi connectivity index (χ2n) is 7.82. The Bertz CT molecular complexity index is 1080. The van der Waals surface area contributed by atoms with Gasteiger partial charge in [-0.2, -0.15) is 0 Å². The molecule has 0 spiro atoms. The van der Waals surface area contributed by atoms with Gasteiger partial charge in [-0.3, -0.25) is 0 Å². The maximum Gasteiger partial charge on any atom is 0.320 e. The van der Waals surface area contributed by atoms with Crippen molar-refractivity contribution in [2.45, 2.75) is 26.0 Å². The number of hydrogen-bond acceptors (Lipinski definition) is 4. The quantitative estimate of drug-likeness (QED) is 0.667. The average molecular weight is 392 g/mol. The minimum absolute atomic E-state index is 0.0299. The molecule has 1 fully saturated rings. The zero-order chi connectivity index (χ0) is 20.0. The van der Waals surface area contributed by atoms with Crippen LogP contribution in [0.2, 0.25) is 0 Å². The number of aromatic amines is 1. The van der Waals surface area contributed by atoms with Crippen LogP contribution in [0.4, 0.5) is 4.79 Å². The number of amides is 2. The highest BCUT2D eigenvalue weighted by atomic mass is 16.5. The van der Waals surface area contributed by atoms with E-state index in [0.717, 1.165) is 39.3 Å². The number of ether oxygens (including phenoxy) is 1. The number of aliphatic hydroxyl groups is 1. The molecule has 7 heteroatoms. The van der Waals surface area contributed by atoms with E-state index in [-0.39, 0.29) is 6.03 Å². The summed E-state index contributed by atoms with van der Waals surface area (Å²) in [6.45, 7) is 4.47. The molecule has 7 nitrogen and oxygen atoms in total. The van der Waals surface area contributed by atoms with Crippen LogP contribution >= 0.6 is 0 Å². The van der Waals surface area contributed by atoms with Gasteiger partial charge in [0.2, 0.25) is 0 Å². The van der Waals surface area contributed by atoms with Crippen LogP contribution in [-0.4, -0.2) is 63.3 Å². The number of hydrogen-bond donors (Lipinski definition) is 2. The summed E-state index contributed by atoms with van der Waals surface area (Å²) in [7, 11) is 0. The summed E-state index contributed by atoms with van der Waals surface area (Å²) in [5.41, 5.74) is 5.12. The van der Waals surface area contributed by atoms with Crippen LogP contribution in [-0.2, 0) is 6.54 Å². The van der Waals surface area contributed by atoms with Gasteiger partial charge >= 0.3 is 6.03 Å². The zero-order valence-corrected chi connectivity index (χ0v) is 16.4. The molecule has 1 aromatic heterocycles. The molecular weight excluding hydrogens is 368 g/mol. The summed E-state index contributed by atoms with van der Waals surface area (Å²) in [6, 6.07) is 12.3. The fraction of sp³-hybridized carbons (Fsp3) is 0.364.